The summed E-state index contributed by atoms with van der Waals surface area (Å²) in [6.45, 7) is 0.360. The minimum atomic E-state index is -3.88. The Labute approximate surface area is 126 Å². The van der Waals surface area contributed by atoms with E-state index in [0.29, 0.717) is 6.54 Å². The van der Waals surface area contributed by atoms with E-state index in [1.807, 2.05) is 17.5 Å². The van der Waals surface area contributed by atoms with Gasteiger partial charge in [0.2, 0.25) is 10.0 Å². The highest BCUT2D eigenvalue weighted by atomic mass is 32.2. The van der Waals surface area contributed by atoms with Gasteiger partial charge in [-0.2, -0.15) is 0 Å². The highest BCUT2D eigenvalue weighted by Gasteiger charge is 2.17. The Kier molecular flexibility index (Phi) is 4.61. The fourth-order valence-electron chi connectivity index (χ4n) is 1.72. The summed E-state index contributed by atoms with van der Waals surface area (Å²) >= 11 is 1.52. The summed E-state index contributed by atoms with van der Waals surface area (Å²) in [6, 6.07) is 7.68. The molecule has 1 aromatic heterocycles. The van der Waals surface area contributed by atoms with Crippen molar-refractivity contribution in [2.45, 2.75) is 11.4 Å². The van der Waals surface area contributed by atoms with Gasteiger partial charge in [-0.05, 0) is 29.6 Å². The molecule has 0 saturated carbocycles. The summed E-state index contributed by atoms with van der Waals surface area (Å²) in [6.07, 6.45) is 0. The molecular weight excluding hydrogens is 312 g/mol. The molecule has 0 aliphatic carbocycles. The highest BCUT2D eigenvalue weighted by Crippen LogP contribution is 2.22. The average Bonchev–Trinajstić information content (AvgIpc) is 2.96. The molecule has 1 amide bonds. The molecule has 0 aliphatic rings. The van der Waals surface area contributed by atoms with Crippen LogP contribution in [0.1, 0.15) is 15.2 Å². The van der Waals surface area contributed by atoms with Crippen molar-refractivity contribution in [3.8, 4) is 5.75 Å². The number of hydrogen-bond donors (Lipinski definition) is 2. The van der Waals surface area contributed by atoms with E-state index in [-0.39, 0.29) is 16.2 Å². The molecule has 2 rings (SSSR count). The third-order valence-electron chi connectivity index (χ3n) is 2.75. The predicted octanol–water partition coefficient (Wildman–Crippen LogP) is 1.33. The number of nitrogens with one attached hydrogen (secondary N) is 1. The first-order valence-electron chi connectivity index (χ1n) is 5.93. The first-order chi connectivity index (χ1) is 9.91. The zero-order valence-corrected chi connectivity index (χ0v) is 12.8. The first kappa shape index (κ1) is 15.5. The number of sulfonamides is 1. The van der Waals surface area contributed by atoms with Crippen LogP contribution in [0.3, 0.4) is 0 Å². The zero-order chi connectivity index (χ0) is 15.5. The molecule has 0 unspecified atom stereocenters. The van der Waals surface area contributed by atoms with E-state index in [0.717, 1.165) is 4.88 Å². The Morgan fingerprint density at radius 1 is 1.38 bits per heavy atom. The number of thiophene rings is 1. The first-order valence-corrected chi connectivity index (χ1v) is 8.36. The fourth-order valence-corrected chi connectivity index (χ4v) is 2.90. The third-order valence-corrected chi connectivity index (χ3v) is 4.53. The van der Waals surface area contributed by atoms with Gasteiger partial charge >= 0.3 is 0 Å². The highest BCUT2D eigenvalue weighted by molar-refractivity contribution is 7.89. The molecule has 1 heterocycles. The van der Waals surface area contributed by atoms with Crippen molar-refractivity contribution in [1.29, 1.82) is 0 Å². The maximum atomic E-state index is 12.2. The molecule has 0 fully saturated rings. The van der Waals surface area contributed by atoms with Gasteiger partial charge in [-0.1, -0.05) is 6.07 Å². The second-order valence-electron chi connectivity index (χ2n) is 4.17. The average molecular weight is 326 g/mol. The van der Waals surface area contributed by atoms with Crippen molar-refractivity contribution in [2.75, 3.05) is 7.11 Å². The summed E-state index contributed by atoms with van der Waals surface area (Å²) in [5, 5.41) is 9.69. The Morgan fingerprint density at radius 3 is 2.71 bits per heavy atom. The molecule has 112 valence electrons. The lowest BCUT2D eigenvalue weighted by molar-refractivity contribution is 0.0948. The number of primary sulfonamides is 1. The van der Waals surface area contributed by atoms with Gasteiger partial charge in [0, 0.05) is 4.88 Å². The van der Waals surface area contributed by atoms with Gasteiger partial charge < -0.3 is 10.1 Å². The van der Waals surface area contributed by atoms with Gasteiger partial charge in [0.15, 0.2) is 0 Å². The Hall–Kier alpha value is -1.90. The molecule has 21 heavy (non-hydrogen) atoms. The lowest BCUT2D eigenvalue weighted by Gasteiger charge is -2.10. The lowest BCUT2D eigenvalue weighted by Crippen LogP contribution is -2.23. The van der Waals surface area contributed by atoms with Crippen LogP contribution in [0, 0.1) is 0 Å². The molecule has 1 aromatic carbocycles. The number of methoxy groups -OCH3 is 1. The zero-order valence-electron chi connectivity index (χ0n) is 11.2. The molecule has 0 saturated heterocycles. The van der Waals surface area contributed by atoms with Gasteiger partial charge in [-0.25, -0.2) is 13.6 Å². The van der Waals surface area contributed by atoms with Crippen LogP contribution >= 0.6 is 11.3 Å². The minimum Gasteiger partial charge on any atom is -0.496 e. The lowest BCUT2D eigenvalue weighted by atomic mass is 10.2. The molecule has 0 aliphatic heterocycles. The van der Waals surface area contributed by atoms with Crippen LogP contribution in [0.2, 0.25) is 0 Å². The van der Waals surface area contributed by atoms with E-state index in [9.17, 15) is 13.2 Å². The summed E-state index contributed by atoms with van der Waals surface area (Å²) in [4.78, 5) is 13.0. The monoisotopic (exact) mass is 326 g/mol. The molecular formula is C13H14N2O4S2. The number of carbonyl (C=O) groups is 1. The topological polar surface area (TPSA) is 98.5 Å². The number of benzene rings is 1. The molecule has 8 heteroatoms. The SMILES string of the molecule is COc1ccc(S(N)(=O)=O)cc1C(=O)NCc1cccs1. The number of carbonyl (C=O) groups excluding carboxylic acids is 1. The van der Waals surface area contributed by atoms with Crippen molar-refractivity contribution in [3.05, 3.63) is 46.2 Å². The number of hydrogen-bond acceptors (Lipinski definition) is 5. The Bertz CT molecular complexity index is 740. The van der Waals surface area contributed by atoms with Crippen LogP contribution in [0.15, 0.2) is 40.6 Å². The molecule has 0 bridgehead atoms. The van der Waals surface area contributed by atoms with Gasteiger partial charge in [0.05, 0.1) is 24.1 Å². The van der Waals surface area contributed by atoms with Gasteiger partial charge in [0.25, 0.3) is 5.91 Å². The van der Waals surface area contributed by atoms with E-state index in [2.05, 4.69) is 5.32 Å². The minimum absolute atomic E-state index is 0.126. The van der Waals surface area contributed by atoms with Gasteiger partial charge in [0.1, 0.15) is 5.75 Å². The quantitative estimate of drug-likeness (QED) is 0.866. The molecule has 3 N–H and O–H groups in total. The summed E-state index contributed by atoms with van der Waals surface area (Å²) < 4.78 is 27.8. The van der Waals surface area contributed by atoms with Crippen LogP contribution < -0.4 is 15.2 Å². The fraction of sp³-hybridized carbons (Fsp3) is 0.154. The van der Waals surface area contributed by atoms with Crippen LogP contribution in [-0.2, 0) is 16.6 Å². The molecule has 6 nitrogen and oxygen atoms in total. The van der Waals surface area contributed by atoms with Crippen molar-refractivity contribution in [2.24, 2.45) is 5.14 Å². The predicted molar refractivity (Wildman–Crippen MR) is 79.9 cm³/mol. The number of nitrogens with two attached hydrogens (primary N) is 1. The standard InChI is InChI=1S/C13H14N2O4S2/c1-19-12-5-4-10(21(14,17)18)7-11(12)13(16)15-8-9-3-2-6-20-9/h2-7H,8H2,1H3,(H,15,16)(H2,14,17,18). The van der Waals surface area contributed by atoms with E-state index >= 15 is 0 Å². The van der Waals surface area contributed by atoms with E-state index < -0.39 is 15.9 Å². The summed E-state index contributed by atoms with van der Waals surface area (Å²) in [5.74, 6) is -0.142. The van der Waals surface area contributed by atoms with Crippen molar-refractivity contribution >= 4 is 27.3 Å². The molecule has 2 aromatic rings. The van der Waals surface area contributed by atoms with Crippen molar-refractivity contribution < 1.29 is 17.9 Å². The normalized spacial score (nSPS) is 11.1. The van der Waals surface area contributed by atoms with Crippen LogP contribution in [0.25, 0.3) is 0 Å². The maximum Gasteiger partial charge on any atom is 0.255 e. The second kappa shape index (κ2) is 6.25. The van der Waals surface area contributed by atoms with Gasteiger partial charge in [-0.3, -0.25) is 4.79 Å². The van der Waals surface area contributed by atoms with Crippen LogP contribution in [0.5, 0.6) is 5.75 Å². The van der Waals surface area contributed by atoms with Crippen molar-refractivity contribution in [3.63, 3.8) is 0 Å². The van der Waals surface area contributed by atoms with Gasteiger partial charge in [-0.15, -0.1) is 11.3 Å². The summed E-state index contributed by atoms with van der Waals surface area (Å²) in [7, 11) is -2.47. The molecule has 0 radical (unpaired) electrons. The van der Waals surface area contributed by atoms with E-state index in [1.165, 1.54) is 36.6 Å². The smallest absolute Gasteiger partial charge is 0.255 e. The summed E-state index contributed by atoms with van der Waals surface area (Å²) in [5.41, 5.74) is 0.126. The largest absolute Gasteiger partial charge is 0.496 e. The third kappa shape index (κ3) is 3.81. The van der Waals surface area contributed by atoms with Crippen molar-refractivity contribution in [1.82, 2.24) is 5.32 Å². The maximum absolute atomic E-state index is 12.2. The second-order valence-corrected chi connectivity index (χ2v) is 6.76. The molecule has 0 spiro atoms. The number of amides is 1. The Morgan fingerprint density at radius 2 is 2.14 bits per heavy atom. The number of ether oxygens (including phenoxy) is 1. The Balaban J connectivity index is 2.25. The molecule has 0 atom stereocenters. The number of rotatable bonds is 5. The van der Waals surface area contributed by atoms with Crippen LogP contribution in [0.4, 0.5) is 0 Å². The van der Waals surface area contributed by atoms with E-state index in [4.69, 9.17) is 9.88 Å². The van der Waals surface area contributed by atoms with Crippen LogP contribution in [-0.4, -0.2) is 21.4 Å². The van der Waals surface area contributed by atoms with E-state index in [1.54, 1.807) is 0 Å².